The lowest BCUT2D eigenvalue weighted by molar-refractivity contribution is -0.117. The topological polar surface area (TPSA) is 101 Å². The average Bonchev–Trinajstić information content (AvgIpc) is 2.61. The molecule has 1 aliphatic heterocycles. The number of nitrogens with two attached hydrogens (primary N) is 2. The summed E-state index contributed by atoms with van der Waals surface area (Å²) in [5.41, 5.74) is 15.3. The molecule has 0 bridgehead atoms. The first-order valence-corrected chi connectivity index (χ1v) is 8.32. The minimum Gasteiger partial charge on any atom is -0.398 e. The van der Waals surface area contributed by atoms with Crippen molar-refractivity contribution in [2.75, 3.05) is 22.5 Å². The van der Waals surface area contributed by atoms with Crippen LogP contribution in [0.1, 0.15) is 29.3 Å². The van der Waals surface area contributed by atoms with E-state index < -0.39 is 5.91 Å². The van der Waals surface area contributed by atoms with Crippen molar-refractivity contribution in [3.63, 3.8) is 0 Å². The summed E-state index contributed by atoms with van der Waals surface area (Å²) < 4.78 is 0. The van der Waals surface area contributed by atoms with Gasteiger partial charge >= 0.3 is 0 Å². The Morgan fingerprint density at radius 2 is 1.85 bits per heavy atom. The molecule has 1 unspecified atom stereocenters. The summed E-state index contributed by atoms with van der Waals surface area (Å²) in [6.45, 7) is 2.69. The second-order valence-electron chi connectivity index (χ2n) is 6.25. The van der Waals surface area contributed by atoms with Crippen molar-refractivity contribution >= 4 is 41.3 Å². The molecule has 2 amide bonds. The van der Waals surface area contributed by atoms with E-state index in [0.717, 1.165) is 36.3 Å². The molecule has 0 spiro atoms. The second kappa shape index (κ2) is 8.10. The van der Waals surface area contributed by atoms with E-state index in [9.17, 15) is 9.59 Å². The molecule has 0 radical (unpaired) electrons. The van der Waals surface area contributed by atoms with E-state index in [4.69, 9.17) is 11.5 Å². The number of rotatable bonds is 4. The van der Waals surface area contributed by atoms with Crippen molar-refractivity contribution < 1.29 is 9.59 Å². The van der Waals surface area contributed by atoms with E-state index in [1.165, 1.54) is 0 Å². The molecule has 1 aliphatic rings. The first-order valence-electron chi connectivity index (χ1n) is 8.32. The second-order valence-corrected chi connectivity index (χ2v) is 6.25. The molecule has 1 heterocycles. The third-order valence-electron chi connectivity index (χ3n) is 4.61. The average molecular weight is 375 g/mol. The lowest BCUT2D eigenvalue weighted by atomic mass is 9.98. The number of hydrogen-bond donors (Lipinski definition) is 3. The maximum absolute atomic E-state index is 12.6. The number of primary amides is 1. The van der Waals surface area contributed by atoms with Gasteiger partial charge in [0.15, 0.2) is 0 Å². The van der Waals surface area contributed by atoms with Gasteiger partial charge < -0.3 is 21.7 Å². The van der Waals surface area contributed by atoms with E-state index in [0.29, 0.717) is 11.3 Å². The number of anilines is 3. The Hall–Kier alpha value is -2.73. The zero-order valence-corrected chi connectivity index (χ0v) is 15.4. The van der Waals surface area contributed by atoms with Crippen molar-refractivity contribution in [2.24, 2.45) is 5.73 Å². The third kappa shape index (κ3) is 3.91. The molecular formula is C19H23ClN4O2. The van der Waals surface area contributed by atoms with Crippen LogP contribution < -0.4 is 21.7 Å². The first-order chi connectivity index (χ1) is 12.0. The summed E-state index contributed by atoms with van der Waals surface area (Å²) >= 11 is 0. The standard InChI is InChI=1S/C19H22N4O2.ClH/c1-12(19(25)22-14-9-7-13(8-10-14)18(21)24)23-11-3-4-15-16(20)5-2-6-17(15)23;/h2,5-10,12H,3-4,11,20H2,1H3,(H2,21,24)(H,22,25);1H. The molecule has 1 atom stereocenters. The van der Waals surface area contributed by atoms with Crippen LogP contribution in [0.2, 0.25) is 0 Å². The molecule has 6 nitrogen and oxygen atoms in total. The zero-order chi connectivity index (χ0) is 18.0. The molecular weight excluding hydrogens is 352 g/mol. The van der Waals surface area contributed by atoms with E-state index in [-0.39, 0.29) is 24.4 Å². The molecule has 26 heavy (non-hydrogen) atoms. The molecule has 0 aliphatic carbocycles. The number of carbonyl (C=O) groups is 2. The van der Waals surface area contributed by atoms with Crippen molar-refractivity contribution in [3.8, 4) is 0 Å². The van der Waals surface area contributed by atoms with Gasteiger partial charge in [-0.25, -0.2) is 0 Å². The van der Waals surface area contributed by atoms with Crippen LogP contribution >= 0.6 is 12.4 Å². The molecule has 0 saturated carbocycles. The van der Waals surface area contributed by atoms with Crippen molar-refractivity contribution in [1.29, 1.82) is 0 Å². The zero-order valence-electron chi connectivity index (χ0n) is 14.6. The fourth-order valence-corrected chi connectivity index (χ4v) is 3.19. The Labute approximate surface area is 159 Å². The Morgan fingerprint density at radius 3 is 2.50 bits per heavy atom. The number of halogens is 1. The minimum atomic E-state index is -0.492. The molecule has 2 aromatic rings. The number of benzene rings is 2. The van der Waals surface area contributed by atoms with Crippen LogP contribution in [0.5, 0.6) is 0 Å². The highest BCUT2D eigenvalue weighted by atomic mass is 35.5. The van der Waals surface area contributed by atoms with Gasteiger partial charge in [0, 0.05) is 29.2 Å². The third-order valence-corrected chi connectivity index (χ3v) is 4.61. The predicted octanol–water partition coefficient (Wildman–Crippen LogP) is 2.57. The smallest absolute Gasteiger partial charge is 0.248 e. The summed E-state index contributed by atoms with van der Waals surface area (Å²) in [5, 5.41) is 2.89. The highest BCUT2D eigenvalue weighted by Crippen LogP contribution is 2.32. The van der Waals surface area contributed by atoms with Gasteiger partial charge in [-0.3, -0.25) is 9.59 Å². The van der Waals surface area contributed by atoms with Crippen molar-refractivity contribution in [1.82, 2.24) is 0 Å². The lowest BCUT2D eigenvalue weighted by Gasteiger charge is -2.36. The maximum atomic E-state index is 12.6. The molecule has 2 aromatic carbocycles. The predicted molar refractivity (Wildman–Crippen MR) is 107 cm³/mol. The highest BCUT2D eigenvalue weighted by molar-refractivity contribution is 5.98. The number of nitrogen functional groups attached to an aromatic ring is 1. The van der Waals surface area contributed by atoms with Crippen LogP contribution in [-0.4, -0.2) is 24.4 Å². The number of nitrogens with zero attached hydrogens (tertiary/aromatic N) is 1. The van der Waals surface area contributed by atoms with Gasteiger partial charge in [0.1, 0.15) is 6.04 Å². The van der Waals surface area contributed by atoms with E-state index in [1.807, 2.05) is 25.1 Å². The lowest BCUT2D eigenvalue weighted by Crippen LogP contribution is -2.44. The van der Waals surface area contributed by atoms with Gasteiger partial charge in [0.2, 0.25) is 11.8 Å². The largest absolute Gasteiger partial charge is 0.398 e. The van der Waals surface area contributed by atoms with Crippen LogP contribution in [0.4, 0.5) is 17.1 Å². The van der Waals surface area contributed by atoms with Gasteiger partial charge in [0.05, 0.1) is 0 Å². The van der Waals surface area contributed by atoms with Gasteiger partial charge in [0.25, 0.3) is 0 Å². The Kier molecular flexibility index (Phi) is 6.10. The summed E-state index contributed by atoms with van der Waals surface area (Å²) in [6.07, 6.45) is 1.90. The monoisotopic (exact) mass is 374 g/mol. The SMILES string of the molecule is CC(C(=O)Nc1ccc(C(N)=O)cc1)N1CCCc2c(N)cccc21.Cl. The quantitative estimate of drug-likeness (QED) is 0.716. The van der Waals surface area contributed by atoms with Crippen LogP contribution in [-0.2, 0) is 11.2 Å². The van der Waals surface area contributed by atoms with Gasteiger partial charge in [-0.1, -0.05) is 6.07 Å². The number of hydrogen-bond acceptors (Lipinski definition) is 4. The molecule has 0 fully saturated rings. The summed E-state index contributed by atoms with van der Waals surface area (Å²) in [6, 6.07) is 12.0. The fourth-order valence-electron chi connectivity index (χ4n) is 3.19. The first kappa shape index (κ1) is 19.6. The number of nitrogens with one attached hydrogen (secondary N) is 1. The van der Waals surface area contributed by atoms with E-state index >= 15 is 0 Å². The normalized spacial score (nSPS) is 14.0. The Balaban J connectivity index is 0.00000243. The molecule has 0 aromatic heterocycles. The van der Waals surface area contributed by atoms with Crippen LogP contribution in [0, 0.1) is 0 Å². The highest BCUT2D eigenvalue weighted by Gasteiger charge is 2.26. The molecule has 5 N–H and O–H groups in total. The van der Waals surface area contributed by atoms with Gasteiger partial charge in [-0.05, 0) is 61.7 Å². The van der Waals surface area contributed by atoms with Crippen molar-refractivity contribution in [2.45, 2.75) is 25.8 Å². The summed E-state index contributed by atoms with van der Waals surface area (Å²) in [4.78, 5) is 25.8. The Bertz CT molecular complexity index is 808. The van der Waals surface area contributed by atoms with E-state index in [1.54, 1.807) is 24.3 Å². The summed E-state index contributed by atoms with van der Waals surface area (Å²) in [7, 11) is 0. The number of amides is 2. The van der Waals surface area contributed by atoms with Crippen LogP contribution in [0.25, 0.3) is 0 Å². The minimum absolute atomic E-state index is 0. The molecule has 7 heteroatoms. The number of fused-ring (bicyclic) bond motifs is 1. The maximum Gasteiger partial charge on any atom is 0.248 e. The van der Waals surface area contributed by atoms with Crippen molar-refractivity contribution in [3.05, 3.63) is 53.6 Å². The molecule has 3 rings (SSSR count). The molecule has 0 saturated heterocycles. The fraction of sp³-hybridized carbons (Fsp3) is 0.263. The van der Waals surface area contributed by atoms with E-state index in [2.05, 4.69) is 10.2 Å². The summed E-state index contributed by atoms with van der Waals surface area (Å²) in [5.74, 6) is -0.601. The van der Waals surface area contributed by atoms with Gasteiger partial charge in [-0.2, -0.15) is 0 Å². The molecule has 138 valence electrons. The van der Waals surface area contributed by atoms with Crippen LogP contribution in [0.3, 0.4) is 0 Å². The number of carbonyl (C=O) groups excluding carboxylic acids is 2. The van der Waals surface area contributed by atoms with Crippen LogP contribution in [0.15, 0.2) is 42.5 Å². The Morgan fingerprint density at radius 1 is 1.15 bits per heavy atom. The van der Waals surface area contributed by atoms with Gasteiger partial charge in [-0.15, -0.1) is 12.4 Å².